The molecule has 1 heterocycles. The van der Waals surface area contributed by atoms with Gasteiger partial charge in [0, 0.05) is 32.4 Å². The Hall–Kier alpha value is -2.05. The summed E-state index contributed by atoms with van der Waals surface area (Å²) < 4.78 is 1.91. The van der Waals surface area contributed by atoms with Gasteiger partial charge in [-0.2, -0.15) is 5.10 Å². The minimum Gasteiger partial charge on any atom is -0.355 e. The Morgan fingerprint density at radius 3 is 2.57 bits per heavy atom. The first-order valence-corrected chi connectivity index (χ1v) is 8.11. The van der Waals surface area contributed by atoms with Gasteiger partial charge in [-0.15, -0.1) is 0 Å². The van der Waals surface area contributed by atoms with Crippen molar-refractivity contribution < 1.29 is 4.79 Å². The summed E-state index contributed by atoms with van der Waals surface area (Å²) in [6.45, 7) is 9.14. The molecule has 130 valence electrons. The van der Waals surface area contributed by atoms with Crippen molar-refractivity contribution in [3.63, 3.8) is 0 Å². The summed E-state index contributed by atoms with van der Waals surface area (Å²) in [5.41, 5.74) is 3.49. The summed E-state index contributed by atoms with van der Waals surface area (Å²) in [5, 5.41) is 13.6. The standard InChI is InChI=1S/C16H30N6O/c1-7-8-18-15(23)10-19-16(17-5)20-11(2)9-14-12(3)21-22(6)13(14)4/h11H,7-10H2,1-6H3,(H,18,23)(H2,17,19,20). The molecule has 0 aliphatic heterocycles. The number of aryl methyl sites for hydroxylation is 2. The van der Waals surface area contributed by atoms with E-state index in [0.717, 1.165) is 18.5 Å². The summed E-state index contributed by atoms with van der Waals surface area (Å²) in [5.74, 6) is 0.602. The molecule has 0 saturated heterocycles. The molecule has 7 heteroatoms. The lowest BCUT2D eigenvalue weighted by molar-refractivity contribution is -0.120. The lowest BCUT2D eigenvalue weighted by Gasteiger charge is -2.18. The molecule has 0 fully saturated rings. The number of carbonyl (C=O) groups excluding carboxylic acids is 1. The molecular formula is C16H30N6O. The van der Waals surface area contributed by atoms with E-state index in [1.807, 2.05) is 25.6 Å². The van der Waals surface area contributed by atoms with Crippen LogP contribution in [0.4, 0.5) is 0 Å². The molecule has 0 spiro atoms. The van der Waals surface area contributed by atoms with Gasteiger partial charge in [-0.1, -0.05) is 6.92 Å². The molecule has 1 aromatic rings. The molecule has 7 nitrogen and oxygen atoms in total. The van der Waals surface area contributed by atoms with Crippen molar-refractivity contribution in [1.29, 1.82) is 0 Å². The maximum atomic E-state index is 11.6. The van der Waals surface area contributed by atoms with Gasteiger partial charge in [0.05, 0.1) is 12.2 Å². The smallest absolute Gasteiger partial charge is 0.239 e. The largest absolute Gasteiger partial charge is 0.355 e. The quantitative estimate of drug-likeness (QED) is 0.509. The number of aliphatic imine (C=N–C) groups is 1. The van der Waals surface area contributed by atoms with E-state index in [2.05, 4.69) is 39.9 Å². The Labute approximate surface area is 138 Å². The van der Waals surface area contributed by atoms with E-state index in [1.165, 1.54) is 11.3 Å². The number of nitrogens with one attached hydrogen (secondary N) is 3. The van der Waals surface area contributed by atoms with Crippen molar-refractivity contribution >= 4 is 11.9 Å². The van der Waals surface area contributed by atoms with Gasteiger partial charge in [-0.05, 0) is 39.2 Å². The first-order chi connectivity index (χ1) is 10.9. The van der Waals surface area contributed by atoms with Crippen LogP contribution in [0, 0.1) is 13.8 Å². The van der Waals surface area contributed by atoms with Crippen molar-refractivity contribution in [2.75, 3.05) is 20.1 Å². The molecule has 23 heavy (non-hydrogen) atoms. The van der Waals surface area contributed by atoms with Crippen LogP contribution in [-0.4, -0.2) is 47.8 Å². The zero-order chi connectivity index (χ0) is 17.4. The van der Waals surface area contributed by atoms with E-state index in [-0.39, 0.29) is 18.5 Å². The zero-order valence-corrected chi connectivity index (χ0v) is 15.2. The van der Waals surface area contributed by atoms with Crippen LogP contribution in [0.2, 0.25) is 0 Å². The molecule has 3 N–H and O–H groups in total. The highest BCUT2D eigenvalue weighted by Gasteiger charge is 2.14. The fourth-order valence-corrected chi connectivity index (χ4v) is 2.39. The Kier molecular flexibility index (Phi) is 7.57. The van der Waals surface area contributed by atoms with Crippen LogP contribution in [0.15, 0.2) is 4.99 Å². The Bertz CT molecular complexity index is 549. The van der Waals surface area contributed by atoms with Crippen LogP contribution < -0.4 is 16.0 Å². The second-order valence-corrected chi connectivity index (χ2v) is 5.80. The van der Waals surface area contributed by atoms with E-state index in [1.54, 1.807) is 7.05 Å². The molecule has 1 atom stereocenters. The van der Waals surface area contributed by atoms with E-state index >= 15 is 0 Å². The van der Waals surface area contributed by atoms with Crippen molar-refractivity contribution in [2.45, 2.75) is 46.6 Å². The third kappa shape index (κ3) is 5.92. The minimum atomic E-state index is -0.0265. The van der Waals surface area contributed by atoms with Gasteiger partial charge in [0.1, 0.15) is 0 Å². The van der Waals surface area contributed by atoms with E-state index in [0.29, 0.717) is 12.5 Å². The van der Waals surface area contributed by atoms with Gasteiger partial charge >= 0.3 is 0 Å². The highest BCUT2D eigenvalue weighted by Crippen LogP contribution is 2.13. The lowest BCUT2D eigenvalue weighted by Crippen LogP contribution is -2.46. The maximum absolute atomic E-state index is 11.6. The minimum absolute atomic E-state index is 0.0265. The van der Waals surface area contributed by atoms with Crippen LogP contribution in [0.5, 0.6) is 0 Å². The SMILES string of the molecule is CCCNC(=O)CNC(=NC)NC(C)Cc1c(C)nn(C)c1C. The molecule has 0 bridgehead atoms. The Morgan fingerprint density at radius 2 is 2.04 bits per heavy atom. The van der Waals surface area contributed by atoms with E-state index in [9.17, 15) is 4.79 Å². The third-order valence-corrected chi connectivity index (χ3v) is 3.76. The molecule has 1 amide bonds. The predicted molar refractivity (Wildman–Crippen MR) is 93.6 cm³/mol. The van der Waals surface area contributed by atoms with Crippen LogP contribution >= 0.6 is 0 Å². The molecule has 0 radical (unpaired) electrons. The van der Waals surface area contributed by atoms with Crippen molar-refractivity contribution in [3.8, 4) is 0 Å². The Balaban J connectivity index is 2.50. The highest BCUT2D eigenvalue weighted by atomic mass is 16.1. The van der Waals surface area contributed by atoms with Crippen LogP contribution in [0.3, 0.4) is 0 Å². The number of rotatable bonds is 7. The molecule has 0 aliphatic carbocycles. The fourth-order valence-electron chi connectivity index (χ4n) is 2.39. The third-order valence-electron chi connectivity index (χ3n) is 3.76. The molecule has 0 saturated carbocycles. The zero-order valence-electron chi connectivity index (χ0n) is 15.2. The van der Waals surface area contributed by atoms with Gasteiger partial charge in [0.15, 0.2) is 5.96 Å². The number of hydrogen-bond donors (Lipinski definition) is 3. The highest BCUT2D eigenvalue weighted by molar-refractivity contribution is 5.86. The van der Waals surface area contributed by atoms with Crippen LogP contribution in [-0.2, 0) is 18.3 Å². The molecular weight excluding hydrogens is 292 g/mol. The maximum Gasteiger partial charge on any atom is 0.239 e. The normalized spacial score (nSPS) is 12.9. The van der Waals surface area contributed by atoms with Gasteiger partial charge < -0.3 is 16.0 Å². The number of nitrogens with zero attached hydrogens (tertiary/aromatic N) is 3. The number of hydrogen-bond acceptors (Lipinski definition) is 3. The number of amides is 1. The molecule has 0 aromatic carbocycles. The lowest BCUT2D eigenvalue weighted by atomic mass is 10.1. The fraction of sp³-hybridized carbons (Fsp3) is 0.688. The van der Waals surface area contributed by atoms with E-state index < -0.39 is 0 Å². The average Bonchev–Trinajstić information content (AvgIpc) is 2.75. The van der Waals surface area contributed by atoms with Crippen LogP contribution in [0.25, 0.3) is 0 Å². The monoisotopic (exact) mass is 322 g/mol. The number of guanidine groups is 1. The molecule has 1 unspecified atom stereocenters. The summed E-state index contributed by atoms with van der Waals surface area (Å²) in [7, 11) is 3.66. The average molecular weight is 322 g/mol. The van der Waals surface area contributed by atoms with Crippen molar-refractivity contribution in [2.24, 2.45) is 12.0 Å². The number of aromatic nitrogens is 2. The predicted octanol–water partition coefficient (Wildman–Crippen LogP) is 0.659. The van der Waals surface area contributed by atoms with Gasteiger partial charge in [0.25, 0.3) is 0 Å². The van der Waals surface area contributed by atoms with Crippen LogP contribution in [0.1, 0.15) is 37.2 Å². The molecule has 1 rings (SSSR count). The van der Waals surface area contributed by atoms with Gasteiger partial charge in [-0.25, -0.2) is 0 Å². The first-order valence-electron chi connectivity index (χ1n) is 8.11. The molecule has 1 aromatic heterocycles. The number of carbonyl (C=O) groups is 1. The summed E-state index contributed by atoms with van der Waals surface area (Å²) in [6, 6.07) is 0.182. The second kappa shape index (κ2) is 9.17. The topological polar surface area (TPSA) is 83.3 Å². The van der Waals surface area contributed by atoms with Crippen molar-refractivity contribution in [3.05, 3.63) is 17.0 Å². The molecule has 0 aliphatic rings. The van der Waals surface area contributed by atoms with Crippen molar-refractivity contribution in [1.82, 2.24) is 25.7 Å². The summed E-state index contributed by atoms with van der Waals surface area (Å²) >= 11 is 0. The van der Waals surface area contributed by atoms with E-state index in [4.69, 9.17) is 0 Å². The Morgan fingerprint density at radius 1 is 1.35 bits per heavy atom. The second-order valence-electron chi connectivity index (χ2n) is 5.80. The summed E-state index contributed by atoms with van der Waals surface area (Å²) in [4.78, 5) is 15.8. The summed E-state index contributed by atoms with van der Waals surface area (Å²) in [6.07, 6.45) is 1.79. The van der Waals surface area contributed by atoms with Gasteiger partial charge in [-0.3, -0.25) is 14.5 Å². The first kappa shape index (κ1) is 19.0. The van der Waals surface area contributed by atoms with Gasteiger partial charge in [0.2, 0.25) is 5.91 Å².